The lowest BCUT2D eigenvalue weighted by Gasteiger charge is -2.18. The minimum Gasteiger partial charge on any atom is -0.462 e. The van der Waals surface area contributed by atoms with Gasteiger partial charge >= 0.3 is 17.9 Å². The van der Waals surface area contributed by atoms with E-state index in [2.05, 4.69) is 57.2 Å². The molecule has 0 N–H and O–H groups in total. The Labute approximate surface area is 493 Å². The van der Waals surface area contributed by atoms with Gasteiger partial charge in [0.1, 0.15) is 13.2 Å². The first-order valence-electron chi connectivity index (χ1n) is 35.5. The molecule has 0 aliphatic carbocycles. The lowest BCUT2D eigenvalue weighted by molar-refractivity contribution is -0.167. The molecule has 0 fully saturated rings. The number of hydrogen-bond donors (Lipinski definition) is 0. The van der Waals surface area contributed by atoms with Crippen LogP contribution in [0.15, 0.2) is 36.5 Å². The molecule has 0 saturated carbocycles. The first-order chi connectivity index (χ1) is 39.0. The first-order valence-corrected chi connectivity index (χ1v) is 35.5. The monoisotopic (exact) mass is 1110 g/mol. The summed E-state index contributed by atoms with van der Waals surface area (Å²) in [6.07, 6.45) is 84.7. The van der Waals surface area contributed by atoms with E-state index in [9.17, 15) is 14.4 Å². The fourth-order valence-electron chi connectivity index (χ4n) is 10.8. The van der Waals surface area contributed by atoms with E-state index in [1.54, 1.807) is 0 Å². The zero-order valence-electron chi connectivity index (χ0n) is 53.4. The number of unbranched alkanes of at least 4 members (excludes halogenated alkanes) is 49. The van der Waals surface area contributed by atoms with Gasteiger partial charge in [0.05, 0.1) is 0 Å². The van der Waals surface area contributed by atoms with E-state index in [0.29, 0.717) is 19.3 Å². The average Bonchev–Trinajstić information content (AvgIpc) is 3.45. The van der Waals surface area contributed by atoms with Crippen molar-refractivity contribution in [2.75, 3.05) is 13.2 Å². The van der Waals surface area contributed by atoms with E-state index in [1.807, 2.05) is 0 Å². The molecule has 79 heavy (non-hydrogen) atoms. The predicted octanol–water partition coefficient (Wildman–Crippen LogP) is 24.3. The van der Waals surface area contributed by atoms with Crippen molar-refractivity contribution in [1.82, 2.24) is 0 Å². The van der Waals surface area contributed by atoms with Crippen LogP contribution < -0.4 is 0 Å². The predicted molar refractivity (Wildman–Crippen MR) is 344 cm³/mol. The van der Waals surface area contributed by atoms with Gasteiger partial charge in [0, 0.05) is 19.3 Å². The van der Waals surface area contributed by atoms with E-state index in [4.69, 9.17) is 14.2 Å². The maximum atomic E-state index is 12.9. The molecule has 0 aromatic rings. The van der Waals surface area contributed by atoms with Crippen molar-refractivity contribution >= 4 is 17.9 Å². The van der Waals surface area contributed by atoms with E-state index >= 15 is 0 Å². The third-order valence-corrected chi connectivity index (χ3v) is 16.1. The number of ether oxygens (including phenoxy) is 3. The molecule has 464 valence electrons. The van der Waals surface area contributed by atoms with Gasteiger partial charge in [0.2, 0.25) is 0 Å². The normalized spacial score (nSPS) is 12.2. The van der Waals surface area contributed by atoms with Gasteiger partial charge in [-0.2, -0.15) is 0 Å². The van der Waals surface area contributed by atoms with Crippen LogP contribution in [-0.4, -0.2) is 37.2 Å². The molecule has 0 rings (SSSR count). The second kappa shape index (κ2) is 68.1. The molecular weight excluding hydrogens is 973 g/mol. The van der Waals surface area contributed by atoms with Crippen molar-refractivity contribution in [2.45, 2.75) is 399 Å². The SMILES string of the molecule is CCCCC/C=C\C/C=C\CCCCCCCCCCCC(=O)OC(COC(=O)CCCCCCC/C=C\CCCCC)COC(=O)CCCCCCCCCCCCCCCCCCCCCCCCCCCCCCCC. The average molecular weight is 1110 g/mol. The third-order valence-electron chi connectivity index (χ3n) is 16.1. The van der Waals surface area contributed by atoms with E-state index in [0.717, 1.165) is 70.6 Å². The van der Waals surface area contributed by atoms with Gasteiger partial charge in [0.25, 0.3) is 0 Å². The molecule has 0 aromatic carbocycles. The molecule has 0 aliphatic rings. The molecule has 1 atom stereocenters. The second-order valence-electron chi connectivity index (χ2n) is 24.1. The number of carbonyl (C=O) groups excluding carboxylic acids is 3. The van der Waals surface area contributed by atoms with Crippen LogP contribution in [0.2, 0.25) is 0 Å². The van der Waals surface area contributed by atoms with Gasteiger partial charge < -0.3 is 14.2 Å². The van der Waals surface area contributed by atoms with Crippen LogP contribution in [0.4, 0.5) is 0 Å². The van der Waals surface area contributed by atoms with Crippen molar-refractivity contribution in [1.29, 1.82) is 0 Å². The molecule has 0 aliphatic heterocycles. The Balaban J connectivity index is 4.14. The summed E-state index contributed by atoms with van der Waals surface area (Å²) in [6, 6.07) is 0. The highest BCUT2D eigenvalue weighted by atomic mass is 16.6. The summed E-state index contributed by atoms with van der Waals surface area (Å²) in [5, 5.41) is 0. The Bertz CT molecular complexity index is 1320. The number of esters is 3. The van der Waals surface area contributed by atoms with Crippen LogP contribution in [0.5, 0.6) is 0 Å². The van der Waals surface area contributed by atoms with Crippen LogP contribution in [0, 0.1) is 0 Å². The van der Waals surface area contributed by atoms with Gasteiger partial charge in [0.15, 0.2) is 6.10 Å². The van der Waals surface area contributed by atoms with Crippen LogP contribution in [0.25, 0.3) is 0 Å². The van der Waals surface area contributed by atoms with Crippen molar-refractivity contribution in [3.8, 4) is 0 Å². The topological polar surface area (TPSA) is 78.9 Å². The molecule has 0 aromatic heterocycles. The fourth-order valence-corrected chi connectivity index (χ4v) is 10.8. The molecule has 6 nitrogen and oxygen atoms in total. The van der Waals surface area contributed by atoms with Crippen LogP contribution in [0.1, 0.15) is 393 Å². The summed E-state index contributed by atoms with van der Waals surface area (Å²) >= 11 is 0. The van der Waals surface area contributed by atoms with E-state index in [-0.39, 0.29) is 31.1 Å². The Kier molecular flexibility index (Phi) is 66.1. The van der Waals surface area contributed by atoms with Gasteiger partial charge in [-0.3, -0.25) is 14.4 Å². The van der Waals surface area contributed by atoms with Crippen LogP contribution in [-0.2, 0) is 28.6 Å². The number of hydrogen-bond acceptors (Lipinski definition) is 6. The second-order valence-corrected chi connectivity index (χ2v) is 24.1. The highest BCUT2D eigenvalue weighted by Crippen LogP contribution is 2.19. The smallest absolute Gasteiger partial charge is 0.306 e. The summed E-state index contributed by atoms with van der Waals surface area (Å²) in [7, 11) is 0. The molecule has 0 bridgehead atoms. The lowest BCUT2D eigenvalue weighted by atomic mass is 10.0. The molecule has 0 spiro atoms. The minimum atomic E-state index is -0.776. The van der Waals surface area contributed by atoms with E-state index in [1.165, 1.54) is 283 Å². The standard InChI is InChI=1S/C73H136O6/c1-4-7-10-13-16-19-22-25-27-29-31-32-33-34-35-36-37-38-39-40-41-43-44-46-48-51-54-57-60-63-66-72(75)78-69-70(68-77-71(74)65-62-59-56-53-50-24-21-18-15-12-9-6-3)79-73(76)67-64-61-58-55-52-49-47-45-42-30-28-26-23-20-17-14-11-8-5-2/h17-18,20-21,26,28,70H,4-16,19,22-25,27,29-69H2,1-3H3/b20-17-,21-18-,28-26-. The summed E-state index contributed by atoms with van der Waals surface area (Å²) in [5.74, 6) is -0.860. The molecule has 0 saturated heterocycles. The van der Waals surface area contributed by atoms with Crippen molar-refractivity contribution in [2.24, 2.45) is 0 Å². The van der Waals surface area contributed by atoms with Crippen molar-refractivity contribution in [3.05, 3.63) is 36.5 Å². The number of allylic oxidation sites excluding steroid dienone is 6. The largest absolute Gasteiger partial charge is 0.462 e. The number of carbonyl (C=O) groups is 3. The summed E-state index contributed by atoms with van der Waals surface area (Å²) in [6.45, 7) is 6.65. The maximum absolute atomic E-state index is 12.9. The molecule has 6 heteroatoms. The summed E-state index contributed by atoms with van der Waals surface area (Å²) in [4.78, 5) is 38.3. The molecule has 0 heterocycles. The summed E-state index contributed by atoms with van der Waals surface area (Å²) in [5.41, 5.74) is 0. The Hall–Kier alpha value is -2.37. The fraction of sp³-hybridized carbons (Fsp3) is 0.877. The molecule has 0 amide bonds. The number of rotatable bonds is 66. The Morgan fingerprint density at radius 2 is 0.456 bits per heavy atom. The quantitative estimate of drug-likeness (QED) is 0.0261. The highest BCUT2D eigenvalue weighted by molar-refractivity contribution is 5.71. The van der Waals surface area contributed by atoms with Crippen LogP contribution >= 0.6 is 0 Å². The van der Waals surface area contributed by atoms with Gasteiger partial charge in [-0.1, -0.05) is 333 Å². The highest BCUT2D eigenvalue weighted by Gasteiger charge is 2.19. The molecule has 1 unspecified atom stereocenters. The Morgan fingerprint density at radius 1 is 0.253 bits per heavy atom. The Morgan fingerprint density at radius 3 is 0.734 bits per heavy atom. The minimum absolute atomic E-state index is 0.0721. The van der Waals surface area contributed by atoms with Gasteiger partial charge in [-0.25, -0.2) is 0 Å². The summed E-state index contributed by atoms with van der Waals surface area (Å²) < 4.78 is 17.0. The van der Waals surface area contributed by atoms with E-state index < -0.39 is 6.10 Å². The zero-order chi connectivity index (χ0) is 57.1. The zero-order valence-corrected chi connectivity index (χ0v) is 53.4. The van der Waals surface area contributed by atoms with Crippen LogP contribution in [0.3, 0.4) is 0 Å². The lowest BCUT2D eigenvalue weighted by Crippen LogP contribution is -2.30. The van der Waals surface area contributed by atoms with Gasteiger partial charge in [-0.05, 0) is 77.0 Å². The van der Waals surface area contributed by atoms with Gasteiger partial charge in [-0.15, -0.1) is 0 Å². The first kappa shape index (κ1) is 76.6. The van der Waals surface area contributed by atoms with Crippen molar-refractivity contribution < 1.29 is 28.6 Å². The molecular formula is C73H136O6. The maximum Gasteiger partial charge on any atom is 0.306 e. The van der Waals surface area contributed by atoms with Crippen molar-refractivity contribution in [3.63, 3.8) is 0 Å². The molecule has 0 radical (unpaired) electrons. The third kappa shape index (κ3) is 66.3.